The van der Waals surface area contributed by atoms with Gasteiger partial charge in [-0.15, -0.1) is 0 Å². The Kier molecular flexibility index (Phi) is 5.64. The fraction of sp³-hybridized carbons (Fsp3) is 0.333. The summed E-state index contributed by atoms with van der Waals surface area (Å²) in [4.78, 5) is 15.1. The molecule has 2 aromatic rings. The number of nitrogens with zero attached hydrogens (tertiary/aromatic N) is 5. The lowest BCUT2D eigenvalue weighted by atomic mass is 10.2. The fourth-order valence-electron chi connectivity index (χ4n) is 1.94. The van der Waals surface area contributed by atoms with Crippen LogP contribution in [0.4, 0.5) is 5.82 Å². The van der Waals surface area contributed by atoms with Crippen LogP contribution in [-0.4, -0.2) is 21.5 Å². The van der Waals surface area contributed by atoms with E-state index in [0.717, 1.165) is 28.2 Å². The number of nitriles is 1. The summed E-state index contributed by atoms with van der Waals surface area (Å²) in [5.41, 5.74) is 1.09. The summed E-state index contributed by atoms with van der Waals surface area (Å²) < 4.78 is 0.762. The SMILES string of the molecule is CCc1nc(Br)cc(N(CCC#N)Cc2cccnc2)n1. The first-order valence-corrected chi connectivity index (χ1v) is 7.56. The van der Waals surface area contributed by atoms with E-state index in [1.54, 1.807) is 6.20 Å². The molecule has 21 heavy (non-hydrogen) atoms. The number of anilines is 1. The minimum atomic E-state index is 0.448. The standard InChI is InChI=1S/C15H16BrN5/c1-2-14-19-13(16)9-15(20-14)21(8-4-6-17)11-12-5-3-7-18-10-12/h3,5,7,9-10H,2,4,8,11H2,1H3. The van der Waals surface area contributed by atoms with Crippen molar-refractivity contribution in [1.82, 2.24) is 15.0 Å². The largest absolute Gasteiger partial charge is 0.351 e. The number of hydrogen-bond donors (Lipinski definition) is 0. The van der Waals surface area contributed by atoms with Gasteiger partial charge in [0.25, 0.3) is 0 Å². The third-order valence-corrected chi connectivity index (χ3v) is 3.36. The van der Waals surface area contributed by atoms with Gasteiger partial charge in [-0.25, -0.2) is 9.97 Å². The summed E-state index contributed by atoms with van der Waals surface area (Å²) in [6, 6.07) is 7.99. The molecule has 0 unspecified atom stereocenters. The zero-order valence-electron chi connectivity index (χ0n) is 11.8. The number of aryl methyl sites for hydroxylation is 1. The van der Waals surface area contributed by atoms with Crippen LogP contribution >= 0.6 is 15.9 Å². The molecule has 0 saturated heterocycles. The molecule has 0 N–H and O–H groups in total. The molecule has 0 atom stereocenters. The monoisotopic (exact) mass is 345 g/mol. The van der Waals surface area contributed by atoms with Gasteiger partial charge < -0.3 is 4.90 Å². The number of aromatic nitrogens is 3. The second kappa shape index (κ2) is 7.70. The minimum absolute atomic E-state index is 0.448. The molecule has 0 radical (unpaired) electrons. The van der Waals surface area contributed by atoms with Crippen LogP contribution in [0.3, 0.4) is 0 Å². The molecule has 0 saturated carbocycles. The van der Waals surface area contributed by atoms with Crippen molar-refractivity contribution >= 4 is 21.7 Å². The maximum atomic E-state index is 8.85. The van der Waals surface area contributed by atoms with Gasteiger partial charge in [-0.3, -0.25) is 4.98 Å². The van der Waals surface area contributed by atoms with E-state index in [2.05, 4.69) is 41.9 Å². The van der Waals surface area contributed by atoms with Crippen LogP contribution in [0.15, 0.2) is 35.2 Å². The van der Waals surface area contributed by atoms with Crippen LogP contribution in [0.2, 0.25) is 0 Å². The van der Waals surface area contributed by atoms with E-state index in [-0.39, 0.29) is 0 Å². The van der Waals surface area contributed by atoms with Crippen molar-refractivity contribution < 1.29 is 0 Å². The number of hydrogen-bond acceptors (Lipinski definition) is 5. The van der Waals surface area contributed by atoms with Crippen molar-refractivity contribution in [2.45, 2.75) is 26.3 Å². The fourth-order valence-corrected chi connectivity index (χ4v) is 2.35. The van der Waals surface area contributed by atoms with Crippen molar-refractivity contribution in [2.24, 2.45) is 0 Å². The van der Waals surface area contributed by atoms with Crippen LogP contribution in [0, 0.1) is 11.3 Å². The average molecular weight is 346 g/mol. The number of pyridine rings is 1. The van der Waals surface area contributed by atoms with Gasteiger partial charge in [-0.1, -0.05) is 13.0 Å². The second-order valence-corrected chi connectivity index (χ2v) is 5.32. The van der Waals surface area contributed by atoms with E-state index >= 15 is 0 Å². The molecule has 2 rings (SSSR count). The van der Waals surface area contributed by atoms with Gasteiger partial charge in [-0.05, 0) is 27.6 Å². The zero-order valence-corrected chi connectivity index (χ0v) is 13.4. The van der Waals surface area contributed by atoms with Crippen molar-refractivity contribution in [3.8, 4) is 6.07 Å². The molecule has 0 aliphatic rings. The molecular weight excluding hydrogens is 330 g/mol. The molecule has 0 spiro atoms. The molecule has 0 aliphatic heterocycles. The highest BCUT2D eigenvalue weighted by Crippen LogP contribution is 2.19. The molecule has 108 valence electrons. The Hall–Kier alpha value is -2.00. The summed E-state index contributed by atoms with van der Waals surface area (Å²) in [6.07, 6.45) is 4.80. The molecule has 0 aromatic carbocycles. The molecule has 5 nitrogen and oxygen atoms in total. The molecule has 2 aromatic heterocycles. The maximum absolute atomic E-state index is 8.85. The van der Waals surface area contributed by atoms with E-state index in [1.807, 2.05) is 31.3 Å². The predicted octanol–water partition coefficient (Wildman–Crippen LogP) is 3.12. The van der Waals surface area contributed by atoms with Gasteiger partial charge in [0.05, 0.1) is 12.5 Å². The van der Waals surface area contributed by atoms with E-state index in [1.165, 1.54) is 0 Å². The highest BCUT2D eigenvalue weighted by atomic mass is 79.9. The molecule has 2 heterocycles. The molecule has 0 fully saturated rings. The van der Waals surface area contributed by atoms with E-state index < -0.39 is 0 Å². The van der Waals surface area contributed by atoms with E-state index in [9.17, 15) is 0 Å². The lowest BCUT2D eigenvalue weighted by molar-refractivity contribution is 0.766. The van der Waals surface area contributed by atoms with Gasteiger partial charge in [0.15, 0.2) is 0 Å². The van der Waals surface area contributed by atoms with Crippen LogP contribution in [0.5, 0.6) is 0 Å². The third-order valence-electron chi connectivity index (χ3n) is 2.96. The Morgan fingerprint density at radius 3 is 2.90 bits per heavy atom. The van der Waals surface area contributed by atoms with Crippen molar-refractivity contribution in [3.05, 3.63) is 46.6 Å². The van der Waals surface area contributed by atoms with Crippen LogP contribution in [-0.2, 0) is 13.0 Å². The molecule has 0 bridgehead atoms. The van der Waals surface area contributed by atoms with E-state index in [0.29, 0.717) is 19.5 Å². The highest BCUT2D eigenvalue weighted by molar-refractivity contribution is 9.10. The van der Waals surface area contributed by atoms with Crippen LogP contribution in [0.25, 0.3) is 0 Å². The summed E-state index contributed by atoms with van der Waals surface area (Å²) in [6.45, 7) is 3.31. The Bertz CT molecular complexity index is 624. The lowest BCUT2D eigenvalue weighted by Gasteiger charge is -2.23. The topological polar surface area (TPSA) is 65.7 Å². The number of halogens is 1. The first-order valence-electron chi connectivity index (χ1n) is 6.77. The Morgan fingerprint density at radius 1 is 1.38 bits per heavy atom. The van der Waals surface area contributed by atoms with Crippen molar-refractivity contribution in [3.63, 3.8) is 0 Å². The second-order valence-electron chi connectivity index (χ2n) is 4.51. The van der Waals surface area contributed by atoms with Gasteiger partial charge in [0.1, 0.15) is 16.2 Å². The summed E-state index contributed by atoms with van der Waals surface area (Å²) in [5.74, 6) is 1.61. The Labute approximate surface area is 132 Å². The first-order chi connectivity index (χ1) is 10.2. The lowest BCUT2D eigenvalue weighted by Crippen LogP contribution is -2.25. The third kappa shape index (κ3) is 4.50. The summed E-state index contributed by atoms with van der Waals surface area (Å²) >= 11 is 3.42. The van der Waals surface area contributed by atoms with Gasteiger partial charge in [-0.2, -0.15) is 5.26 Å². The Morgan fingerprint density at radius 2 is 2.24 bits per heavy atom. The van der Waals surface area contributed by atoms with Crippen molar-refractivity contribution in [2.75, 3.05) is 11.4 Å². The normalized spacial score (nSPS) is 10.1. The predicted molar refractivity (Wildman–Crippen MR) is 84.6 cm³/mol. The molecule has 6 heteroatoms. The highest BCUT2D eigenvalue weighted by Gasteiger charge is 2.11. The summed E-state index contributed by atoms with van der Waals surface area (Å²) in [5, 5.41) is 8.85. The van der Waals surface area contributed by atoms with Crippen LogP contribution in [0.1, 0.15) is 24.7 Å². The summed E-state index contributed by atoms with van der Waals surface area (Å²) in [7, 11) is 0. The smallest absolute Gasteiger partial charge is 0.133 e. The molecule has 0 aliphatic carbocycles. The van der Waals surface area contributed by atoms with Gasteiger partial charge in [0.2, 0.25) is 0 Å². The average Bonchev–Trinajstić information content (AvgIpc) is 2.51. The van der Waals surface area contributed by atoms with Crippen molar-refractivity contribution in [1.29, 1.82) is 5.26 Å². The maximum Gasteiger partial charge on any atom is 0.133 e. The quantitative estimate of drug-likeness (QED) is 0.752. The zero-order chi connectivity index (χ0) is 15.1. The first kappa shape index (κ1) is 15.4. The molecule has 0 amide bonds. The molecular formula is C15H16BrN5. The Balaban J connectivity index is 2.27. The minimum Gasteiger partial charge on any atom is -0.351 e. The van der Waals surface area contributed by atoms with Gasteiger partial charge >= 0.3 is 0 Å². The van der Waals surface area contributed by atoms with Gasteiger partial charge in [0, 0.05) is 38.0 Å². The van der Waals surface area contributed by atoms with E-state index in [4.69, 9.17) is 5.26 Å². The number of rotatable bonds is 6. The van der Waals surface area contributed by atoms with Crippen LogP contribution < -0.4 is 4.90 Å².